The van der Waals surface area contributed by atoms with Crippen LogP contribution in [-0.2, 0) is 25.9 Å². The molecule has 0 saturated heterocycles. The van der Waals surface area contributed by atoms with Crippen molar-refractivity contribution in [2.75, 3.05) is 20.3 Å². The van der Waals surface area contributed by atoms with Crippen molar-refractivity contribution < 1.29 is 9.84 Å². The van der Waals surface area contributed by atoms with Gasteiger partial charge in [-0.15, -0.1) is 0 Å². The van der Waals surface area contributed by atoms with Gasteiger partial charge in [-0.25, -0.2) is 4.98 Å². The van der Waals surface area contributed by atoms with Crippen LogP contribution in [0, 0.1) is 6.92 Å². The summed E-state index contributed by atoms with van der Waals surface area (Å²) >= 11 is 0. The van der Waals surface area contributed by atoms with Gasteiger partial charge >= 0.3 is 0 Å². The number of nitrogens with one attached hydrogen (secondary N) is 1. The van der Waals surface area contributed by atoms with Crippen LogP contribution in [0.5, 0.6) is 5.75 Å². The van der Waals surface area contributed by atoms with Gasteiger partial charge in [-0.2, -0.15) is 0 Å². The van der Waals surface area contributed by atoms with Crippen molar-refractivity contribution in [3.05, 3.63) is 46.5 Å². The Morgan fingerprint density at radius 3 is 2.70 bits per heavy atom. The van der Waals surface area contributed by atoms with Gasteiger partial charge in [0.2, 0.25) is 0 Å². The van der Waals surface area contributed by atoms with Crippen molar-refractivity contribution >= 4 is 0 Å². The molecule has 0 unspecified atom stereocenters. The summed E-state index contributed by atoms with van der Waals surface area (Å²) in [5.41, 5.74) is 5.12. The van der Waals surface area contributed by atoms with E-state index in [9.17, 15) is 5.11 Å². The lowest BCUT2D eigenvalue weighted by Gasteiger charge is -2.22. The largest absolute Gasteiger partial charge is 0.496 e. The number of hydrogen-bond donors (Lipinski definition) is 2. The predicted octanol–water partition coefficient (Wildman–Crippen LogP) is 2.21. The number of aromatic nitrogens is 2. The van der Waals surface area contributed by atoms with Crippen molar-refractivity contribution in [2.45, 2.75) is 39.3 Å². The third-order valence-electron chi connectivity index (χ3n) is 4.45. The van der Waals surface area contributed by atoms with E-state index in [-0.39, 0.29) is 6.61 Å². The second-order valence-corrected chi connectivity index (χ2v) is 6.21. The molecule has 1 aliphatic carbocycles. The van der Waals surface area contributed by atoms with E-state index in [1.54, 1.807) is 7.11 Å². The van der Waals surface area contributed by atoms with Gasteiger partial charge in [-0.3, -0.25) is 4.90 Å². The van der Waals surface area contributed by atoms with Crippen molar-refractivity contribution in [2.24, 2.45) is 0 Å². The quantitative estimate of drug-likeness (QED) is 0.822. The van der Waals surface area contributed by atoms with E-state index in [2.05, 4.69) is 27.0 Å². The maximum atomic E-state index is 9.38. The second kappa shape index (κ2) is 7.15. The van der Waals surface area contributed by atoms with Gasteiger partial charge in [0.1, 0.15) is 11.6 Å². The van der Waals surface area contributed by atoms with Crippen LogP contribution >= 0.6 is 0 Å². The standard InChI is InChI=1S/C18H25N3O2/c1-13-19-10-17(20-13)12-21(6-7-22)11-16-8-14-4-3-5-15(14)9-18(16)23-2/h8-10,22H,3-7,11-12H2,1-2H3,(H,19,20). The zero-order valence-corrected chi connectivity index (χ0v) is 13.9. The zero-order chi connectivity index (χ0) is 16.2. The minimum atomic E-state index is 0.139. The number of ether oxygens (including phenoxy) is 1. The molecule has 23 heavy (non-hydrogen) atoms. The van der Waals surface area contributed by atoms with Gasteiger partial charge in [-0.1, -0.05) is 6.07 Å². The van der Waals surface area contributed by atoms with Gasteiger partial charge < -0.3 is 14.8 Å². The highest BCUT2D eigenvalue weighted by atomic mass is 16.5. The SMILES string of the molecule is COc1cc2c(cc1CN(CCO)Cc1cnc(C)[nH]1)CCC2. The van der Waals surface area contributed by atoms with Crippen molar-refractivity contribution in [3.63, 3.8) is 0 Å². The molecule has 3 rings (SSSR count). The molecule has 0 bridgehead atoms. The van der Waals surface area contributed by atoms with Crippen molar-refractivity contribution in [3.8, 4) is 5.75 Å². The second-order valence-electron chi connectivity index (χ2n) is 6.21. The first-order valence-corrected chi connectivity index (χ1v) is 8.22. The van der Waals surface area contributed by atoms with E-state index in [0.29, 0.717) is 6.54 Å². The van der Waals surface area contributed by atoms with Crippen LogP contribution in [0.25, 0.3) is 0 Å². The van der Waals surface area contributed by atoms with E-state index >= 15 is 0 Å². The summed E-state index contributed by atoms with van der Waals surface area (Å²) in [6.07, 6.45) is 5.40. The molecule has 0 spiro atoms. The number of fused-ring (bicyclic) bond motifs is 1. The van der Waals surface area contributed by atoms with Crippen molar-refractivity contribution in [1.82, 2.24) is 14.9 Å². The molecule has 0 atom stereocenters. The first-order chi connectivity index (χ1) is 11.2. The van der Waals surface area contributed by atoms with Crippen LogP contribution < -0.4 is 4.74 Å². The molecule has 124 valence electrons. The van der Waals surface area contributed by atoms with Gasteiger partial charge in [0, 0.05) is 37.1 Å². The fourth-order valence-corrected chi connectivity index (χ4v) is 3.36. The molecule has 1 aliphatic rings. The Hall–Kier alpha value is -1.85. The van der Waals surface area contributed by atoms with E-state index in [1.807, 2.05) is 13.1 Å². The maximum absolute atomic E-state index is 9.38. The highest BCUT2D eigenvalue weighted by molar-refractivity contribution is 5.44. The molecule has 0 fully saturated rings. The Kier molecular flexibility index (Phi) is 4.98. The molecule has 0 aliphatic heterocycles. The first-order valence-electron chi connectivity index (χ1n) is 8.22. The number of H-pyrrole nitrogens is 1. The number of hydrogen-bond acceptors (Lipinski definition) is 4. The van der Waals surface area contributed by atoms with Gasteiger partial charge in [0.05, 0.1) is 13.7 Å². The Bertz CT molecular complexity index is 666. The van der Waals surface area contributed by atoms with Gasteiger partial charge in [0.15, 0.2) is 0 Å². The number of methoxy groups -OCH3 is 1. The minimum Gasteiger partial charge on any atom is -0.496 e. The van der Waals surface area contributed by atoms with Crippen LogP contribution in [0.4, 0.5) is 0 Å². The summed E-state index contributed by atoms with van der Waals surface area (Å²) in [5.74, 6) is 1.87. The molecule has 5 heteroatoms. The highest BCUT2D eigenvalue weighted by Crippen LogP contribution is 2.30. The lowest BCUT2D eigenvalue weighted by atomic mass is 10.0. The molecular weight excluding hydrogens is 290 g/mol. The number of aryl methyl sites for hydroxylation is 3. The molecule has 2 N–H and O–H groups in total. The lowest BCUT2D eigenvalue weighted by Crippen LogP contribution is -2.26. The summed E-state index contributed by atoms with van der Waals surface area (Å²) < 4.78 is 5.59. The van der Waals surface area contributed by atoms with E-state index < -0.39 is 0 Å². The maximum Gasteiger partial charge on any atom is 0.123 e. The summed E-state index contributed by atoms with van der Waals surface area (Å²) in [6.45, 7) is 4.21. The number of aromatic amines is 1. The monoisotopic (exact) mass is 315 g/mol. The highest BCUT2D eigenvalue weighted by Gasteiger charge is 2.17. The number of nitrogens with zero attached hydrogens (tertiary/aromatic N) is 2. The third-order valence-corrected chi connectivity index (χ3v) is 4.45. The molecular formula is C18H25N3O2. The topological polar surface area (TPSA) is 61.4 Å². The zero-order valence-electron chi connectivity index (χ0n) is 13.9. The Balaban J connectivity index is 1.79. The van der Waals surface area contributed by atoms with Crippen molar-refractivity contribution in [1.29, 1.82) is 0 Å². The summed E-state index contributed by atoms with van der Waals surface area (Å²) in [7, 11) is 1.73. The molecule has 0 saturated carbocycles. The molecule has 5 nitrogen and oxygen atoms in total. The Labute approximate surface area is 137 Å². The molecule has 1 heterocycles. The van der Waals surface area contributed by atoms with E-state index in [0.717, 1.165) is 43.2 Å². The fourth-order valence-electron chi connectivity index (χ4n) is 3.36. The van der Waals surface area contributed by atoms with Crippen LogP contribution in [-0.4, -0.2) is 40.2 Å². The molecule has 1 aromatic carbocycles. The number of aliphatic hydroxyl groups is 1. The average Bonchev–Trinajstić information content (AvgIpc) is 3.15. The van der Waals surface area contributed by atoms with E-state index in [1.165, 1.54) is 23.1 Å². The Morgan fingerprint density at radius 1 is 1.26 bits per heavy atom. The van der Waals surface area contributed by atoms with Crippen LogP contribution in [0.2, 0.25) is 0 Å². The average molecular weight is 315 g/mol. The van der Waals surface area contributed by atoms with Crippen LogP contribution in [0.3, 0.4) is 0 Å². The number of imidazole rings is 1. The minimum absolute atomic E-state index is 0.139. The number of rotatable bonds is 7. The predicted molar refractivity (Wildman–Crippen MR) is 89.5 cm³/mol. The summed E-state index contributed by atoms with van der Waals surface area (Å²) in [6, 6.07) is 4.47. The molecule has 0 radical (unpaired) electrons. The van der Waals surface area contributed by atoms with E-state index in [4.69, 9.17) is 4.74 Å². The van der Waals surface area contributed by atoms with Gasteiger partial charge in [0.25, 0.3) is 0 Å². The number of benzene rings is 1. The summed E-state index contributed by atoms with van der Waals surface area (Å²) in [4.78, 5) is 9.72. The molecule has 2 aromatic rings. The smallest absolute Gasteiger partial charge is 0.123 e. The molecule has 0 amide bonds. The van der Waals surface area contributed by atoms with Crippen LogP contribution in [0.15, 0.2) is 18.3 Å². The third kappa shape index (κ3) is 3.74. The normalized spacial score (nSPS) is 13.6. The first kappa shape index (κ1) is 16.0. The van der Waals surface area contributed by atoms with Crippen LogP contribution in [0.1, 0.15) is 34.6 Å². The summed E-state index contributed by atoms with van der Waals surface area (Å²) in [5, 5.41) is 9.38. The van der Waals surface area contributed by atoms with Gasteiger partial charge in [-0.05, 0) is 43.4 Å². The number of aliphatic hydroxyl groups excluding tert-OH is 1. The Morgan fingerprint density at radius 2 is 2.04 bits per heavy atom. The molecule has 1 aromatic heterocycles. The fraction of sp³-hybridized carbons (Fsp3) is 0.500. The lowest BCUT2D eigenvalue weighted by molar-refractivity contribution is 0.181.